The molecule has 2 N–H and O–H groups in total. The molecule has 1 aromatic rings. The van der Waals surface area contributed by atoms with Crippen molar-refractivity contribution in [1.29, 1.82) is 5.26 Å². The van der Waals surface area contributed by atoms with Crippen LogP contribution in [0, 0.1) is 11.3 Å². The summed E-state index contributed by atoms with van der Waals surface area (Å²) < 4.78 is 37.2. The maximum atomic E-state index is 12.3. The van der Waals surface area contributed by atoms with Crippen molar-refractivity contribution < 1.29 is 22.7 Å². The third-order valence-electron chi connectivity index (χ3n) is 3.69. The Morgan fingerprint density at radius 3 is 2.73 bits per heavy atom. The molecule has 1 aliphatic heterocycles. The van der Waals surface area contributed by atoms with Gasteiger partial charge in [-0.2, -0.15) is 5.26 Å². The number of nitrogens with one attached hydrogen (secondary N) is 2. The molecule has 0 saturated carbocycles. The molecular formula is C17H21N3O5S. The number of nitrogens with zero attached hydrogens (tertiary/aromatic N) is 1. The first-order valence-electron chi connectivity index (χ1n) is 8.21. The number of anilines is 1. The molecule has 2 rings (SSSR count). The summed E-state index contributed by atoms with van der Waals surface area (Å²) in [6, 6.07) is 7.69. The van der Waals surface area contributed by atoms with Crippen LogP contribution in [-0.2, 0) is 24.3 Å². The fourth-order valence-electron chi connectivity index (χ4n) is 2.32. The molecule has 1 atom stereocenters. The van der Waals surface area contributed by atoms with Crippen molar-refractivity contribution in [2.24, 2.45) is 0 Å². The van der Waals surface area contributed by atoms with E-state index in [4.69, 9.17) is 14.7 Å². The summed E-state index contributed by atoms with van der Waals surface area (Å²) in [5.74, 6) is -0.722. The average molecular weight is 379 g/mol. The van der Waals surface area contributed by atoms with Gasteiger partial charge in [0.1, 0.15) is 6.07 Å². The molecule has 0 aromatic heterocycles. The highest BCUT2D eigenvalue weighted by Gasteiger charge is 2.20. The second kappa shape index (κ2) is 9.33. The van der Waals surface area contributed by atoms with Gasteiger partial charge in [0.25, 0.3) is 0 Å². The first-order valence-corrected chi connectivity index (χ1v) is 9.70. The van der Waals surface area contributed by atoms with Crippen LogP contribution in [0.4, 0.5) is 5.69 Å². The van der Waals surface area contributed by atoms with Crippen molar-refractivity contribution in [3.05, 3.63) is 36.0 Å². The summed E-state index contributed by atoms with van der Waals surface area (Å²) in [6.07, 6.45) is 2.93. The van der Waals surface area contributed by atoms with Gasteiger partial charge in [-0.05, 0) is 44.0 Å². The highest BCUT2D eigenvalue weighted by atomic mass is 32.2. The highest BCUT2D eigenvalue weighted by molar-refractivity contribution is 7.89. The SMILES string of the molecule is CCOC(=O)/C(C#N)=C\Nc1ccc(S(=O)(=O)NCC2CCCO2)cc1. The zero-order valence-electron chi connectivity index (χ0n) is 14.4. The van der Waals surface area contributed by atoms with E-state index in [-0.39, 0.29) is 29.7 Å². The number of carbonyl (C=O) groups is 1. The van der Waals surface area contributed by atoms with Gasteiger partial charge < -0.3 is 14.8 Å². The van der Waals surface area contributed by atoms with Gasteiger partial charge in [0, 0.05) is 25.0 Å². The lowest BCUT2D eigenvalue weighted by molar-refractivity contribution is -0.138. The molecule has 0 amide bonds. The smallest absolute Gasteiger partial charge is 0.350 e. The minimum absolute atomic E-state index is 0.0804. The normalized spacial score (nSPS) is 17.5. The largest absolute Gasteiger partial charge is 0.462 e. The number of esters is 1. The van der Waals surface area contributed by atoms with Crippen molar-refractivity contribution in [3.63, 3.8) is 0 Å². The number of hydrogen-bond acceptors (Lipinski definition) is 7. The minimum atomic E-state index is -3.62. The predicted molar refractivity (Wildman–Crippen MR) is 94.6 cm³/mol. The van der Waals surface area contributed by atoms with Gasteiger partial charge in [0.15, 0.2) is 5.57 Å². The summed E-state index contributed by atoms with van der Waals surface area (Å²) in [5, 5.41) is 11.7. The second-order valence-corrected chi connectivity index (χ2v) is 7.31. The van der Waals surface area contributed by atoms with Crippen molar-refractivity contribution >= 4 is 21.7 Å². The molecule has 9 heteroatoms. The maximum Gasteiger partial charge on any atom is 0.350 e. The van der Waals surface area contributed by atoms with E-state index in [0.29, 0.717) is 12.3 Å². The van der Waals surface area contributed by atoms with Crippen LogP contribution < -0.4 is 10.0 Å². The maximum absolute atomic E-state index is 12.3. The lowest BCUT2D eigenvalue weighted by Gasteiger charge is -2.11. The van der Waals surface area contributed by atoms with E-state index >= 15 is 0 Å². The van der Waals surface area contributed by atoms with E-state index in [9.17, 15) is 13.2 Å². The van der Waals surface area contributed by atoms with E-state index in [0.717, 1.165) is 12.8 Å². The zero-order valence-corrected chi connectivity index (χ0v) is 15.2. The van der Waals surface area contributed by atoms with Gasteiger partial charge in [-0.1, -0.05) is 0 Å². The van der Waals surface area contributed by atoms with Gasteiger partial charge in [0.05, 0.1) is 17.6 Å². The van der Waals surface area contributed by atoms with Crippen LogP contribution in [0.15, 0.2) is 40.9 Å². The molecule has 1 aliphatic rings. The summed E-state index contributed by atoms with van der Waals surface area (Å²) in [4.78, 5) is 11.6. The first kappa shape index (κ1) is 19.9. The Bertz CT molecular complexity index is 791. The van der Waals surface area contributed by atoms with Crippen LogP contribution >= 0.6 is 0 Å². The van der Waals surface area contributed by atoms with Crippen molar-refractivity contribution in [3.8, 4) is 6.07 Å². The average Bonchev–Trinajstić information content (AvgIpc) is 3.15. The molecule has 140 valence electrons. The molecule has 0 radical (unpaired) electrons. The molecule has 8 nitrogen and oxygen atoms in total. The molecule has 0 aliphatic carbocycles. The number of rotatable bonds is 8. The Balaban J connectivity index is 1.98. The minimum Gasteiger partial charge on any atom is -0.462 e. The lowest BCUT2D eigenvalue weighted by Crippen LogP contribution is -2.31. The third kappa shape index (κ3) is 5.56. The molecule has 1 heterocycles. The van der Waals surface area contributed by atoms with Crippen LogP contribution in [0.2, 0.25) is 0 Å². The van der Waals surface area contributed by atoms with Crippen LogP contribution in [0.3, 0.4) is 0 Å². The summed E-state index contributed by atoms with van der Waals surface area (Å²) in [5.41, 5.74) is 0.349. The van der Waals surface area contributed by atoms with Gasteiger partial charge in [-0.3, -0.25) is 0 Å². The molecule has 0 bridgehead atoms. The van der Waals surface area contributed by atoms with E-state index < -0.39 is 16.0 Å². The van der Waals surface area contributed by atoms with Crippen LogP contribution in [0.5, 0.6) is 0 Å². The van der Waals surface area contributed by atoms with E-state index in [2.05, 4.69) is 10.0 Å². The molecule has 1 fully saturated rings. The third-order valence-corrected chi connectivity index (χ3v) is 5.13. The van der Waals surface area contributed by atoms with Crippen LogP contribution in [0.25, 0.3) is 0 Å². The topological polar surface area (TPSA) is 118 Å². The molecule has 1 saturated heterocycles. The Morgan fingerprint density at radius 1 is 1.42 bits per heavy atom. The van der Waals surface area contributed by atoms with Crippen molar-refractivity contribution in [1.82, 2.24) is 4.72 Å². The fourth-order valence-corrected chi connectivity index (χ4v) is 3.39. The fraction of sp³-hybridized carbons (Fsp3) is 0.412. The first-order chi connectivity index (χ1) is 12.5. The zero-order chi connectivity index (χ0) is 19.0. The Labute approximate surface area is 152 Å². The number of hydrogen-bond donors (Lipinski definition) is 2. The number of nitriles is 1. The molecular weight excluding hydrogens is 358 g/mol. The summed E-state index contributed by atoms with van der Waals surface area (Å²) in [7, 11) is -3.62. The molecule has 26 heavy (non-hydrogen) atoms. The van der Waals surface area contributed by atoms with Crippen LogP contribution in [-0.4, -0.2) is 40.2 Å². The quantitative estimate of drug-likeness (QED) is 0.399. The number of ether oxygens (including phenoxy) is 2. The van der Waals surface area contributed by atoms with E-state index in [1.54, 1.807) is 13.0 Å². The lowest BCUT2D eigenvalue weighted by atomic mass is 10.2. The summed E-state index contributed by atoms with van der Waals surface area (Å²) in [6.45, 7) is 2.72. The predicted octanol–water partition coefficient (Wildman–Crippen LogP) is 1.53. The Kier molecular flexibility index (Phi) is 7.15. The Morgan fingerprint density at radius 2 is 2.15 bits per heavy atom. The Hall–Kier alpha value is -2.41. The van der Waals surface area contributed by atoms with Gasteiger partial charge in [0.2, 0.25) is 10.0 Å². The molecule has 0 spiro atoms. The second-order valence-electron chi connectivity index (χ2n) is 5.55. The molecule has 1 unspecified atom stereocenters. The number of benzene rings is 1. The van der Waals surface area contributed by atoms with Gasteiger partial charge >= 0.3 is 5.97 Å². The van der Waals surface area contributed by atoms with Crippen LogP contribution in [0.1, 0.15) is 19.8 Å². The van der Waals surface area contributed by atoms with Crippen molar-refractivity contribution in [2.75, 3.05) is 25.1 Å². The van der Waals surface area contributed by atoms with Gasteiger partial charge in [-0.15, -0.1) is 0 Å². The standard InChI is InChI=1S/C17H21N3O5S/c1-2-24-17(21)13(10-18)11-19-14-5-7-16(8-6-14)26(22,23)20-12-15-4-3-9-25-15/h5-8,11,15,19-20H,2-4,9,12H2,1H3/b13-11-. The van der Waals surface area contributed by atoms with Crippen molar-refractivity contribution in [2.45, 2.75) is 30.8 Å². The number of carbonyl (C=O) groups excluding carboxylic acids is 1. The molecule has 1 aromatic carbocycles. The monoisotopic (exact) mass is 379 g/mol. The highest BCUT2D eigenvalue weighted by Crippen LogP contribution is 2.16. The number of sulfonamides is 1. The van der Waals surface area contributed by atoms with E-state index in [1.165, 1.54) is 30.5 Å². The van der Waals surface area contributed by atoms with E-state index in [1.807, 2.05) is 0 Å². The summed E-state index contributed by atoms with van der Waals surface area (Å²) >= 11 is 0. The van der Waals surface area contributed by atoms with Gasteiger partial charge in [-0.25, -0.2) is 17.9 Å².